The second-order valence-electron chi connectivity index (χ2n) is 5.77. The molecule has 1 amide bonds. The molecule has 0 aromatic heterocycles. The van der Waals surface area contributed by atoms with Crippen LogP contribution in [0.5, 0.6) is 0 Å². The van der Waals surface area contributed by atoms with Crippen LogP contribution in [-0.4, -0.2) is 36.6 Å². The Morgan fingerprint density at radius 2 is 2.10 bits per heavy atom. The highest BCUT2D eigenvalue weighted by Gasteiger charge is 2.28. The van der Waals surface area contributed by atoms with Crippen molar-refractivity contribution in [3.63, 3.8) is 0 Å². The Kier molecular flexibility index (Phi) is 4.27. The molecule has 0 unspecified atom stereocenters. The van der Waals surface area contributed by atoms with Crippen LogP contribution in [0.3, 0.4) is 0 Å². The van der Waals surface area contributed by atoms with Crippen molar-refractivity contribution in [2.24, 2.45) is 5.92 Å². The monoisotopic (exact) mass is 293 g/mol. The smallest absolute Gasteiger partial charge is 0.255 e. The summed E-state index contributed by atoms with van der Waals surface area (Å²) in [6, 6.07) is 7.25. The minimum absolute atomic E-state index is 0.0234. The van der Waals surface area contributed by atoms with E-state index < -0.39 is 0 Å². The van der Waals surface area contributed by atoms with Crippen molar-refractivity contribution in [1.29, 1.82) is 0 Å². The Bertz CT molecular complexity index is 487. The van der Waals surface area contributed by atoms with E-state index in [-0.39, 0.29) is 12.0 Å². The molecule has 2 aliphatic rings. The summed E-state index contributed by atoms with van der Waals surface area (Å²) in [4.78, 5) is 14.4. The quantitative estimate of drug-likeness (QED) is 0.852. The van der Waals surface area contributed by atoms with Gasteiger partial charge in [-0.3, -0.25) is 4.79 Å². The normalized spacial score (nSPS) is 22.9. The van der Waals surface area contributed by atoms with E-state index in [2.05, 4.69) is 0 Å². The van der Waals surface area contributed by atoms with Gasteiger partial charge in [-0.25, -0.2) is 0 Å². The molecule has 0 N–H and O–H groups in total. The lowest BCUT2D eigenvalue weighted by molar-refractivity contribution is -0.00241. The van der Waals surface area contributed by atoms with Gasteiger partial charge in [0.05, 0.1) is 16.7 Å². The molecule has 4 heteroatoms. The number of rotatable bonds is 4. The Morgan fingerprint density at radius 1 is 1.30 bits per heavy atom. The Morgan fingerprint density at radius 3 is 2.85 bits per heavy atom. The average Bonchev–Trinajstić information content (AvgIpc) is 3.29. The summed E-state index contributed by atoms with van der Waals surface area (Å²) in [6.07, 6.45) is 4.85. The van der Waals surface area contributed by atoms with E-state index >= 15 is 0 Å². The van der Waals surface area contributed by atoms with Crippen LogP contribution in [0.1, 0.15) is 36.0 Å². The average molecular weight is 294 g/mol. The maximum Gasteiger partial charge on any atom is 0.255 e. The number of carbonyl (C=O) groups excluding carboxylic acids is 1. The minimum atomic E-state index is 0.0234. The van der Waals surface area contributed by atoms with Crippen LogP contribution in [0.25, 0.3) is 0 Å². The van der Waals surface area contributed by atoms with Crippen LogP contribution in [0.15, 0.2) is 24.3 Å². The second-order valence-corrected chi connectivity index (χ2v) is 6.18. The molecule has 1 aliphatic carbocycles. The molecule has 1 aliphatic heterocycles. The van der Waals surface area contributed by atoms with E-state index in [1.165, 1.54) is 12.8 Å². The van der Waals surface area contributed by atoms with Gasteiger partial charge in [-0.2, -0.15) is 0 Å². The maximum absolute atomic E-state index is 12.5. The van der Waals surface area contributed by atoms with Gasteiger partial charge in [-0.1, -0.05) is 23.7 Å². The predicted molar refractivity (Wildman–Crippen MR) is 79.1 cm³/mol. The lowest BCUT2D eigenvalue weighted by Crippen LogP contribution is -2.43. The zero-order valence-corrected chi connectivity index (χ0v) is 12.3. The van der Waals surface area contributed by atoms with E-state index in [0.717, 1.165) is 31.9 Å². The van der Waals surface area contributed by atoms with Crippen molar-refractivity contribution in [3.05, 3.63) is 34.9 Å². The molecule has 3 rings (SSSR count). The predicted octanol–water partition coefficient (Wildman–Crippen LogP) is 3.37. The lowest BCUT2D eigenvalue weighted by Gasteiger charge is -2.33. The van der Waals surface area contributed by atoms with Gasteiger partial charge in [0.1, 0.15) is 0 Å². The fraction of sp³-hybridized carbons (Fsp3) is 0.562. The summed E-state index contributed by atoms with van der Waals surface area (Å²) in [5.74, 6) is 0.792. The van der Waals surface area contributed by atoms with Gasteiger partial charge in [0.15, 0.2) is 0 Å². The van der Waals surface area contributed by atoms with E-state index in [0.29, 0.717) is 17.1 Å². The fourth-order valence-electron chi connectivity index (χ4n) is 2.62. The largest absolute Gasteiger partial charge is 0.376 e. The molecule has 1 atom stereocenters. The number of amides is 1. The van der Waals surface area contributed by atoms with Crippen molar-refractivity contribution in [2.45, 2.75) is 31.8 Å². The summed E-state index contributed by atoms with van der Waals surface area (Å²) in [6.45, 7) is 2.35. The van der Waals surface area contributed by atoms with Crippen LogP contribution < -0.4 is 0 Å². The van der Waals surface area contributed by atoms with E-state index in [1.54, 1.807) is 12.1 Å². The van der Waals surface area contributed by atoms with Gasteiger partial charge in [0.25, 0.3) is 5.91 Å². The molecule has 1 aromatic carbocycles. The number of likely N-dealkylation sites (tertiary alicyclic amines) is 1. The number of benzene rings is 1. The van der Waals surface area contributed by atoms with Gasteiger partial charge in [0.2, 0.25) is 0 Å². The third-order valence-electron chi connectivity index (χ3n) is 4.03. The second kappa shape index (κ2) is 6.15. The minimum Gasteiger partial charge on any atom is -0.376 e. The maximum atomic E-state index is 12.5. The molecule has 0 radical (unpaired) electrons. The third kappa shape index (κ3) is 3.33. The van der Waals surface area contributed by atoms with Crippen molar-refractivity contribution >= 4 is 17.5 Å². The fourth-order valence-corrected chi connectivity index (χ4v) is 2.84. The molecule has 1 saturated heterocycles. The molecule has 1 saturated carbocycles. The highest BCUT2D eigenvalue weighted by molar-refractivity contribution is 6.33. The third-order valence-corrected chi connectivity index (χ3v) is 4.36. The van der Waals surface area contributed by atoms with Gasteiger partial charge in [-0.15, -0.1) is 0 Å². The molecule has 0 spiro atoms. The summed E-state index contributed by atoms with van der Waals surface area (Å²) in [5.41, 5.74) is 0.594. The highest BCUT2D eigenvalue weighted by Crippen LogP contribution is 2.30. The summed E-state index contributed by atoms with van der Waals surface area (Å²) in [5, 5.41) is 0.526. The van der Waals surface area contributed by atoms with E-state index in [4.69, 9.17) is 16.3 Å². The summed E-state index contributed by atoms with van der Waals surface area (Å²) >= 11 is 6.11. The molecule has 20 heavy (non-hydrogen) atoms. The molecule has 3 nitrogen and oxygen atoms in total. The Labute approximate surface area is 124 Å². The molecule has 1 aromatic rings. The first-order chi connectivity index (χ1) is 9.74. The standard InChI is InChI=1S/C16H20ClNO2/c17-15-6-2-1-5-14(15)16(19)18-9-3-4-13(10-18)20-11-12-7-8-12/h1-2,5-6,12-13H,3-4,7-11H2/t13-/m0/s1. The first-order valence-electron chi connectivity index (χ1n) is 7.39. The SMILES string of the molecule is O=C(c1ccccc1Cl)N1CCC[C@H](OCC2CC2)C1. The van der Waals surface area contributed by atoms with Gasteiger partial charge < -0.3 is 9.64 Å². The molecule has 108 valence electrons. The molecule has 2 fully saturated rings. The number of hydrogen-bond donors (Lipinski definition) is 0. The number of nitrogens with zero attached hydrogens (tertiary/aromatic N) is 1. The molecule has 0 bridgehead atoms. The van der Waals surface area contributed by atoms with Gasteiger partial charge in [-0.05, 0) is 43.7 Å². The van der Waals surface area contributed by atoms with Gasteiger partial charge >= 0.3 is 0 Å². The van der Waals surface area contributed by atoms with Crippen LogP contribution in [0.4, 0.5) is 0 Å². The molecule has 1 heterocycles. The van der Waals surface area contributed by atoms with Crippen LogP contribution in [-0.2, 0) is 4.74 Å². The number of piperidine rings is 1. The highest BCUT2D eigenvalue weighted by atomic mass is 35.5. The Balaban J connectivity index is 1.60. The van der Waals surface area contributed by atoms with Crippen molar-refractivity contribution in [3.8, 4) is 0 Å². The summed E-state index contributed by atoms with van der Waals surface area (Å²) in [7, 11) is 0. The number of carbonyl (C=O) groups is 1. The zero-order chi connectivity index (χ0) is 13.9. The zero-order valence-electron chi connectivity index (χ0n) is 11.6. The summed E-state index contributed by atoms with van der Waals surface area (Å²) < 4.78 is 5.93. The first-order valence-corrected chi connectivity index (χ1v) is 7.77. The van der Waals surface area contributed by atoms with Crippen LogP contribution in [0.2, 0.25) is 5.02 Å². The van der Waals surface area contributed by atoms with Crippen LogP contribution >= 0.6 is 11.6 Å². The first kappa shape index (κ1) is 13.9. The number of ether oxygens (including phenoxy) is 1. The van der Waals surface area contributed by atoms with Crippen LogP contribution in [0, 0.1) is 5.92 Å². The van der Waals surface area contributed by atoms with E-state index in [9.17, 15) is 4.79 Å². The molecular weight excluding hydrogens is 274 g/mol. The molecular formula is C16H20ClNO2. The Hall–Kier alpha value is -1.06. The topological polar surface area (TPSA) is 29.5 Å². The lowest BCUT2D eigenvalue weighted by atomic mass is 10.1. The van der Waals surface area contributed by atoms with E-state index in [1.807, 2.05) is 17.0 Å². The van der Waals surface area contributed by atoms with Crippen molar-refractivity contribution in [1.82, 2.24) is 4.90 Å². The van der Waals surface area contributed by atoms with Gasteiger partial charge in [0, 0.05) is 19.7 Å². The number of hydrogen-bond acceptors (Lipinski definition) is 2. The van der Waals surface area contributed by atoms with Crippen molar-refractivity contribution < 1.29 is 9.53 Å². The van der Waals surface area contributed by atoms with Crippen molar-refractivity contribution in [2.75, 3.05) is 19.7 Å². The number of halogens is 1.